The van der Waals surface area contributed by atoms with Crippen LogP contribution in [0, 0.1) is 0 Å². The second-order valence-corrected chi connectivity index (χ2v) is 7.56. The Labute approximate surface area is 156 Å². The van der Waals surface area contributed by atoms with Gasteiger partial charge < -0.3 is 5.32 Å². The highest BCUT2D eigenvalue weighted by Gasteiger charge is 2.19. The zero-order valence-electron chi connectivity index (χ0n) is 14.2. The predicted octanol–water partition coefficient (Wildman–Crippen LogP) is 5.17. The van der Waals surface area contributed by atoms with E-state index >= 15 is 0 Å². The molecule has 1 atom stereocenters. The van der Waals surface area contributed by atoms with Gasteiger partial charge in [0.15, 0.2) is 0 Å². The van der Waals surface area contributed by atoms with E-state index in [0.717, 1.165) is 22.6 Å². The molecule has 0 bridgehead atoms. The summed E-state index contributed by atoms with van der Waals surface area (Å²) in [7, 11) is 0. The highest BCUT2D eigenvalue weighted by atomic mass is 35.5. The Balaban J connectivity index is 1.84. The molecule has 1 amide bonds. The van der Waals surface area contributed by atoms with Crippen molar-refractivity contribution in [2.45, 2.75) is 32.9 Å². The first-order valence-corrected chi connectivity index (χ1v) is 9.47. The van der Waals surface area contributed by atoms with E-state index in [-0.39, 0.29) is 11.9 Å². The zero-order valence-corrected chi connectivity index (χ0v) is 15.8. The van der Waals surface area contributed by atoms with Crippen LogP contribution in [0.3, 0.4) is 0 Å². The minimum Gasteiger partial charge on any atom is -0.344 e. The van der Waals surface area contributed by atoms with E-state index in [2.05, 4.69) is 17.3 Å². The fraction of sp³-hybridized carbons (Fsp3) is 0.263. The molecule has 3 rings (SSSR count). The molecule has 2 heterocycles. The van der Waals surface area contributed by atoms with Gasteiger partial charge in [-0.15, -0.1) is 11.3 Å². The van der Waals surface area contributed by atoms with Crippen molar-refractivity contribution in [2.24, 2.45) is 0 Å². The molecule has 0 spiro atoms. The van der Waals surface area contributed by atoms with Crippen LogP contribution in [0.4, 0.5) is 0 Å². The number of hydrogen-bond donors (Lipinski definition) is 1. The molecule has 4 nitrogen and oxygen atoms in total. The second kappa shape index (κ2) is 7.85. The summed E-state index contributed by atoms with van der Waals surface area (Å²) in [5.74, 6) is -0.119. The maximum atomic E-state index is 12.8. The average Bonchev–Trinajstić information content (AvgIpc) is 3.22. The lowest BCUT2D eigenvalue weighted by Crippen LogP contribution is -2.28. The predicted molar refractivity (Wildman–Crippen MR) is 103 cm³/mol. The molecule has 0 unspecified atom stereocenters. The maximum Gasteiger partial charge on any atom is 0.270 e. The van der Waals surface area contributed by atoms with Crippen LogP contribution in [0.5, 0.6) is 0 Å². The number of nitrogens with zero attached hydrogens (tertiary/aromatic N) is 2. The Morgan fingerprint density at radius 1 is 1.28 bits per heavy atom. The number of nitrogens with one attached hydrogen (secondary N) is 1. The van der Waals surface area contributed by atoms with Gasteiger partial charge in [0.1, 0.15) is 11.4 Å². The van der Waals surface area contributed by atoms with Crippen LogP contribution >= 0.6 is 22.9 Å². The molecule has 3 aromatic rings. The molecule has 25 heavy (non-hydrogen) atoms. The second-order valence-electron chi connectivity index (χ2n) is 5.85. The lowest BCUT2D eigenvalue weighted by atomic mass is 10.1. The first-order chi connectivity index (χ1) is 12.1. The molecule has 130 valence electrons. The number of carbonyl (C=O) groups is 1. The summed E-state index contributed by atoms with van der Waals surface area (Å²) in [5, 5.41) is 7.65. The van der Waals surface area contributed by atoms with Crippen LogP contribution in [0.2, 0.25) is 4.34 Å². The van der Waals surface area contributed by atoms with Crippen LogP contribution in [-0.2, 0) is 6.54 Å². The third-order valence-electron chi connectivity index (χ3n) is 3.92. The van der Waals surface area contributed by atoms with Gasteiger partial charge in [0.05, 0.1) is 15.3 Å². The molecule has 0 saturated heterocycles. The summed E-state index contributed by atoms with van der Waals surface area (Å²) >= 11 is 7.48. The largest absolute Gasteiger partial charge is 0.344 e. The number of halogens is 1. The van der Waals surface area contributed by atoms with Crippen molar-refractivity contribution in [1.82, 2.24) is 15.1 Å². The van der Waals surface area contributed by atoms with E-state index in [1.165, 1.54) is 11.3 Å². The first kappa shape index (κ1) is 17.7. The number of carbonyl (C=O) groups excluding carboxylic acids is 1. The SMILES string of the molecule is CCCn1nc(-c2ccc(Cl)s2)cc1C(=O)N[C@H](C)c1ccccc1. The monoisotopic (exact) mass is 373 g/mol. The van der Waals surface area contributed by atoms with E-state index < -0.39 is 0 Å². The molecule has 6 heteroatoms. The van der Waals surface area contributed by atoms with Gasteiger partial charge in [-0.2, -0.15) is 5.10 Å². The molecular weight excluding hydrogens is 354 g/mol. The van der Waals surface area contributed by atoms with E-state index in [1.54, 1.807) is 4.68 Å². The number of benzene rings is 1. The fourth-order valence-electron chi connectivity index (χ4n) is 2.65. The minimum absolute atomic E-state index is 0.0710. The number of aryl methyl sites for hydroxylation is 1. The summed E-state index contributed by atoms with van der Waals surface area (Å²) in [6.07, 6.45) is 0.904. The van der Waals surface area contributed by atoms with Crippen molar-refractivity contribution in [3.63, 3.8) is 0 Å². The number of aromatic nitrogens is 2. The Bertz CT molecular complexity index is 857. The number of rotatable bonds is 6. The van der Waals surface area contributed by atoms with Gasteiger partial charge in [-0.3, -0.25) is 9.48 Å². The summed E-state index contributed by atoms with van der Waals surface area (Å²) in [5.41, 5.74) is 2.43. The number of thiophene rings is 1. The molecule has 0 aliphatic rings. The zero-order chi connectivity index (χ0) is 17.8. The van der Waals surface area contributed by atoms with Gasteiger partial charge in [0.2, 0.25) is 0 Å². The highest BCUT2D eigenvalue weighted by molar-refractivity contribution is 7.19. The standard InChI is InChI=1S/C19H20ClN3OS/c1-3-11-23-16(12-15(22-23)17-9-10-18(20)25-17)19(24)21-13(2)14-7-5-4-6-8-14/h4-10,12-13H,3,11H2,1-2H3,(H,21,24)/t13-/m1/s1. The lowest BCUT2D eigenvalue weighted by Gasteiger charge is -2.14. The topological polar surface area (TPSA) is 46.9 Å². The Morgan fingerprint density at radius 3 is 2.68 bits per heavy atom. The Kier molecular flexibility index (Phi) is 5.56. The van der Waals surface area contributed by atoms with E-state index in [4.69, 9.17) is 11.6 Å². The molecule has 2 aromatic heterocycles. The van der Waals surface area contributed by atoms with Crippen molar-refractivity contribution < 1.29 is 4.79 Å². The fourth-order valence-corrected chi connectivity index (χ4v) is 3.65. The molecule has 0 saturated carbocycles. The van der Waals surface area contributed by atoms with Gasteiger partial charge in [-0.1, -0.05) is 48.9 Å². The van der Waals surface area contributed by atoms with E-state index in [0.29, 0.717) is 16.6 Å². The van der Waals surface area contributed by atoms with Crippen LogP contribution in [0.15, 0.2) is 48.5 Å². The van der Waals surface area contributed by atoms with Crippen LogP contribution in [-0.4, -0.2) is 15.7 Å². The van der Waals surface area contributed by atoms with Crippen LogP contribution < -0.4 is 5.32 Å². The first-order valence-electron chi connectivity index (χ1n) is 8.28. The van der Waals surface area contributed by atoms with E-state index in [9.17, 15) is 4.79 Å². The van der Waals surface area contributed by atoms with Gasteiger partial charge in [-0.05, 0) is 37.1 Å². The van der Waals surface area contributed by atoms with Crippen molar-refractivity contribution in [2.75, 3.05) is 0 Å². The molecule has 0 aliphatic carbocycles. The van der Waals surface area contributed by atoms with Crippen molar-refractivity contribution in [3.05, 3.63) is 64.1 Å². The maximum absolute atomic E-state index is 12.8. The molecular formula is C19H20ClN3OS. The Morgan fingerprint density at radius 2 is 2.04 bits per heavy atom. The molecule has 0 aliphatic heterocycles. The van der Waals surface area contributed by atoms with Gasteiger partial charge in [-0.25, -0.2) is 0 Å². The van der Waals surface area contributed by atoms with Crippen molar-refractivity contribution >= 4 is 28.8 Å². The smallest absolute Gasteiger partial charge is 0.270 e. The van der Waals surface area contributed by atoms with Crippen molar-refractivity contribution in [1.29, 1.82) is 0 Å². The van der Waals surface area contributed by atoms with Gasteiger partial charge in [0, 0.05) is 6.54 Å². The minimum atomic E-state index is -0.119. The lowest BCUT2D eigenvalue weighted by molar-refractivity contribution is 0.0928. The van der Waals surface area contributed by atoms with Gasteiger partial charge in [0.25, 0.3) is 5.91 Å². The highest BCUT2D eigenvalue weighted by Crippen LogP contribution is 2.30. The van der Waals surface area contributed by atoms with Gasteiger partial charge >= 0.3 is 0 Å². The van der Waals surface area contributed by atoms with Crippen molar-refractivity contribution in [3.8, 4) is 10.6 Å². The molecule has 1 N–H and O–H groups in total. The average molecular weight is 374 g/mol. The summed E-state index contributed by atoms with van der Waals surface area (Å²) in [4.78, 5) is 13.7. The third-order valence-corrected chi connectivity index (χ3v) is 5.17. The third kappa shape index (κ3) is 4.11. The quantitative estimate of drug-likeness (QED) is 0.648. The normalized spacial score (nSPS) is 12.1. The number of amides is 1. The molecule has 0 fully saturated rings. The molecule has 1 aromatic carbocycles. The summed E-state index contributed by atoms with van der Waals surface area (Å²) < 4.78 is 2.49. The number of hydrogen-bond acceptors (Lipinski definition) is 3. The Hall–Kier alpha value is -2.11. The van der Waals surface area contributed by atoms with Crippen LogP contribution in [0.1, 0.15) is 42.4 Å². The van der Waals surface area contributed by atoms with E-state index in [1.807, 2.05) is 55.5 Å². The summed E-state index contributed by atoms with van der Waals surface area (Å²) in [6, 6.07) is 15.5. The summed E-state index contributed by atoms with van der Waals surface area (Å²) in [6.45, 7) is 4.74. The van der Waals surface area contributed by atoms with Crippen LogP contribution in [0.25, 0.3) is 10.6 Å². The molecule has 0 radical (unpaired) electrons.